The summed E-state index contributed by atoms with van der Waals surface area (Å²) in [5.41, 5.74) is 5.11. The zero-order valence-corrected chi connectivity index (χ0v) is 12.8. The van der Waals surface area contributed by atoms with Crippen LogP contribution in [0.3, 0.4) is 0 Å². The minimum Gasteiger partial charge on any atom is -0.378 e. The molecule has 2 aromatic rings. The monoisotopic (exact) mass is 282 g/mol. The Balaban J connectivity index is 2.33. The molecular formula is C18H19FN2. The van der Waals surface area contributed by atoms with Crippen LogP contribution in [0.25, 0.3) is 0 Å². The molecule has 0 aliphatic heterocycles. The maximum atomic E-state index is 13.8. The standard InChI is InChI=1S/C18H19FN2/c1-11-5-6-16(12(2)7-11)14(4)21-18-9-15(10-20)8-17(19)13(18)3/h5-9,14,21H,1-4H3. The molecule has 0 bridgehead atoms. The van der Waals surface area contributed by atoms with Gasteiger partial charge >= 0.3 is 0 Å². The molecule has 0 aliphatic carbocycles. The summed E-state index contributed by atoms with van der Waals surface area (Å²) < 4.78 is 13.8. The first-order valence-electron chi connectivity index (χ1n) is 6.96. The molecule has 0 aliphatic rings. The highest BCUT2D eigenvalue weighted by molar-refractivity contribution is 5.57. The Morgan fingerprint density at radius 2 is 1.86 bits per heavy atom. The van der Waals surface area contributed by atoms with Gasteiger partial charge in [0, 0.05) is 17.3 Å². The Hall–Kier alpha value is -2.34. The molecule has 0 amide bonds. The SMILES string of the molecule is Cc1ccc(C(C)Nc2cc(C#N)cc(F)c2C)c(C)c1. The van der Waals surface area contributed by atoms with Gasteiger partial charge in [-0.2, -0.15) is 5.26 Å². The predicted octanol–water partition coefficient (Wildman–Crippen LogP) is 4.80. The number of halogens is 1. The van der Waals surface area contributed by atoms with E-state index in [1.54, 1.807) is 13.0 Å². The molecule has 0 aromatic heterocycles. The second-order valence-corrected chi connectivity index (χ2v) is 5.47. The summed E-state index contributed by atoms with van der Waals surface area (Å²) in [7, 11) is 0. The Labute approximate surface area is 125 Å². The van der Waals surface area contributed by atoms with Gasteiger partial charge in [0.15, 0.2) is 0 Å². The molecule has 0 saturated carbocycles. The molecule has 0 saturated heterocycles. The Kier molecular flexibility index (Phi) is 4.28. The second kappa shape index (κ2) is 5.97. The molecule has 0 fully saturated rings. The number of aryl methyl sites for hydroxylation is 2. The molecule has 108 valence electrons. The van der Waals surface area contributed by atoms with Crippen molar-refractivity contribution in [2.75, 3.05) is 5.32 Å². The molecule has 1 N–H and O–H groups in total. The number of hydrogen-bond acceptors (Lipinski definition) is 2. The van der Waals surface area contributed by atoms with Gasteiger partial charge in [-0.25, -0.2) is 4.39 Å². The number of nitrogens with zero attached hydrogens (tertiary/aromatic N) is 1. The molecule has 2 rings (SSSR count). The lowest BCUT2D eigenvalue weighted by molar-refractivity contribution is 0.618. The van der Waals surface area contributed by atoms with Crippen molar-refractivity contribution in [3.63, 3.8) is 0 Å². The van der Waals surface area contributed by atoms with Crippen molar-refractivity contribution in [2.45, 2.75) is 33.7 Å². The van der Waals surface area contributed by atoms with Crippen molar-refractivity contribution >= 4 is 5.69 Å². The molecule has 1 unspecified atom stereocenters. The first-order chi connectivity index (χ1) is 9.92. The number of anilines is 1. The van der Waals surface area contributed by atoms with Gasteiger partial charge in [0.25, 0.3) is 0 Å². The van der Waals surface area contributed by atoms with E-state index in [0.29, 0.717) is 16.8 Å². The van der Waals surface area contributed by atoms with Crippen LogP contribution in [0.2, 0.25) is 0 Å². The lowest BCUT2D eigenvalue weighted by Gasteiger charge is -2.20. The summed E-state index contributed by atoms with van der Waals surface area (Å²) in [6.07, 6.45) is 0. The maximum absolute atomic E-state index is 13.8. The summed E-state index contributed by atoms with van der Waals surface area (Å²) in [5.74, 6) is -0.357. The Morgan fingerprint density at radius 3 is 2.48 bits per heavy atom. The average Bonchev–Trinajstić information content (AvgIpc) is 2.43. The van der Waals surface area contributed by atoms with Crippen molar-refractivity contribution in [3.05, 3.63) is 64.0 Å². The van der Waals surface area contributed by atoms with E-state index >= 15 is 0 Å². The summed E-state index contributed by atoms with van der Waals surface area (Å²) in [6.45, 7) is 7.88. The van der Waals surface area contributed by atoms with Crippen LogP contribution in [-0.2, 0) is 0 Å². The van der Waals surface area contributed by atoms with Crippen LogP contribution in [0.4, 0.5) is 10.1 Å². The van der Waals surface area contributed by atoms with Crippen LogP contribution < -0.4 is 5.32 Å². The fraction of sp³-hybridized carbons (Fsp3) is 0.278. The third-order valence-electron chi connectivity index (χ3n) is 3.74. The van der Waals surface area contributed by atoms with Crippen molar-refractivity contribution in [3.8, 4) is 6.07 Å². The van der Waals surface area contributed by atoms with Crippen LogP contribution in [0.15, 0.2) is 30.3 Å². The largest absolute Gasteiger partial charge is 0.378 e. The van der Waals surface area contributed by atoms with Crippen LogP contribution in [-0.4, -0.2) is 0 Å². The van der Waals surface area contributed by atoms with Crippen molar-refractivity contribution < 1.29 is 4.39 Å². The first-order valence-corrected chi connectivity index (χ1v) is 6.96. The van der Waals surface area contributed by atoms with Gasteiger partial charge in [0.1, 0.15) is 5.82 Å². The average molecular weight is 282 g/mol. The highest BCUT2D eigenvalue weighted by Crippen LogP contribution is 2.27. The molecule has 21 heavy (non-hydrogen) atoms. The highest BCUT2D eigenvalue weighted by Gasteiger charge is 2.12. The van der Waals surface area contributed by atoms with Crippen LogP contribution in [0.5, 0.6) is 0 Å². The van der Waals surface area contributed by atoms with Gasteiger partial charge in [-0.1, -0.05) is 23.8 Å². The fourth-order valence-electron chi connectivity index (χ4n) is 2.52. The quantitative estimate of drug-likeness (QED) is 0.878. The van der Waals surface area contributed by atoms with E-state index < -0.39 is 0 Å². The number of rotatable bonds is 3. The summed E-state index contributed by atoms with van der Waals surface area (Å²) >= 11 is 0. The first kappa shape index (κ1) is 15.1. The summed E-state index contributed by atoms with van der Waals surface area (Å²) in [5, 5.41) is 12.3. The molecule has 0 radical (unpaired) electrons. The minimum absolute atomic E-state index is 0.0395. The van der Waals surface area contributed by atoms with E-state index in [4.69, 9.17) is 5.26 Å². The van der Waals surface area contributed by atoms with Crippen LogP contribution in [0.1, 0.15) is 40.8 Å². The van der Waals surface area contributed by atoms with E-state index in [1.165, 1.54) is 22.8 Å². The summed E-state index contributed by atoms with van der Waals surface area (Å²) in [6, 6.07) is 11.3. The molecule has 3 heteroatoms. The van der Waals surface area contributed by atoms with Gasteiger partial charge in [-0.05, 0) is 51.0 Å². The predicted molar refractivity (Wildman–Crippen MR) is 83.8 cm³/mol. The minimum atomic E-state index is -0.357. The number of benzene rings is 2. The molecule has 0 spiro atoms. The Bertz CT molecular complexity index is 714. The normalized spacial score (nSPS) is 11.8. The smallest absolute Gasteiger partial charge is 0.129 e. The molecule has 2 aromatic carbocycles. The van der Waals surface area contributed by atoms with E-state index in [9.17, 15) is 4.39 Å². The summed E-state index contributed by atoms with van der Waals surface area (Å²) in [4.78, 5) is 0. The van der Waals surface area contributed by atoms with Crippen LogP contribution in [0, 0.1) is 37.9 Å². The van der Waals surface area contributed by atoms with Crippen LogP contribution >= 0.6 is 0 Å². The third kappa shape index (κ3) is 3.22. The zero-order valence-electron chi connectivity index (χ0n) is 12.8. The van der Waals surface area contributed by atoms with Gasteiger partial charge in [0.2, 0.25) is 0 Å². The van der Waals surface area contributed by atoms with E-state index in [0.717, 1.165) is 0 Å². The van der Waals surface area contributed by atoms with Crippen molar-refractivity contribution in [2.24, 2.45) is 0 Å². The number of nitriles is 1. The fourth-order valence-corrected chi connectivity index (χ4v) is 2.52. The maximum Gasteiger partial charge on any atom is 0.129 e. The topological polar surface area (TPSA) is 35.8 Å². The number of hydrogen-bond donors (Lipinski definition) is 1. The van der Waals surface area contributed by atoms with E-state index in [2.05, 4.69) is 37.4 Å². The molecule has 0 heterocycles. The van der Waals surface area contributed by atoms with E-state index in [1.807, 2.05) is 13.0 Å². The number of nitrogens with one attached hydrogen (secondary N) is 1. The third-order valence-corrected chi connectivity index (χ3v) is 3.74. The van der Waals surface area contributed by atoms with E-state index in [-0.39, 0.29) is 11.9 Å². The van der Waals surface area contributed by atoms with Crippen molar-refractivity contribution in [1.29, 1.82) is 5.26 Å². The molecule has 1 atom stereocenters. The lowest BCUT2D eigenvalue weighted by Crippen LogP contribution is -2.10. The molecule has 2 nitrogen and oxygen atoms in total. The lowest BCUT2D eigenvalue weighted by atomic mass is 9.99. The second-order valence-electron chi connectivity index (χ2n) is 5.47. The zero-order chi connectivity index (χ0) is 15.6. The highest BCUT2D eigenvalue weighted by atomic mass is 19.1. The Morgan fingerprint density at radius 1 is 1.14 bits per heavy atom. The van der Waals surface area contributed by atoms with Gasteiger partial charge in [-0.15, -0.1) is 0 Å². The molecular weight excluding hydrogens is 263 g/mol. The van der Waals surface area contributed by atoms with Gasteiger partial charge < -0.3 is 5.32 Å². The van der Waals surface area contributed by atoms with Gasteiger partial charge in [0.05, 0.1) is 11.6 Å². The van der Waals surface area contributed by atoms with Gasteiger partial charge in [-0.3, -0.25) is 0 Å². The van der Waals surface area contributed by atoms with Crippen molar-refractivity contribution in [1.82, 2.24) is 0 Å².